The Bertz CT molecular complexity index is 163. The van der Waals surface area contributed by atoms with Crippen LogP contribution in [-0.2, 0) is 4.79 Å². The van der Waals surface area contributed by atoms with Crippen molar-refractivity contribution in [1.29, 1.82) is 0 Å². The zero-order valence-corrected chi connectivity index (χ0v) is 9.11. The first-order chi connectivity index (χ1) is 7.00. The van der Waals surface area contributed by atoms with Gasteiger partial charge in [-0.3, -0.25) is 4.79 Å². The van der Waals surface area contributed by atoms with Crippen LogP contribution in [0.2, 0.25) is 0 Å². The fourth-order valence-electron chi connectivity index (χ4n) is 1.06. The number of carboxylic acid groups (broad SMARTS) is 3. The Morgan fingerprint density at radius 3 is 1.67 bits per heavy atom. The fraction of sp³-hybridized carbons (Fsp3) is 0.800. The van der Waals surface area contributed by atoms with Gasteiger partial charge in [-0.2, -0.15) is 0 Å². The summed E-state index contributed by atoms with van der Waals surface area (Å²) in [6, 6.07) is 0. The summed E-state index contributed by atoms with van der Waals surface area (Å²) in [6.45, 7) is 2.18. The second-order valence-corrected chi connectivity index (χ2v) is 3.19. The molecule has 90 valence electrons. The van der Waals surface area contributed by atoms with E-state index in [4.69, 9.17) is 20.1 Å². The third kappa shape index (κ3) is 32.3. The van der Waals surface area contributed by atoms with E-state index in [1.165, 1.54) is 25.7 Å². The van der Waals surface area contributed by atoms with Gasteiger partial charge >= 0.3 is 12.1 Å². The lowest BCUT2D eigenvalue weighted by molar-refractivity contribution is -0.137. The van der Waals surface area contributed by atoms with E-state index in [2.05, 4.69) is 6.92 Å². The van der Waals surface area contributed by atoms with E-state index < -0.39 is 12.1 Å². The van der Waals surface area contributed by atoms with E-state index in [1.807, 2.05) is 0 Å². The summed E-state index contributed by atoms with van der Waals surface area (Å²) in [6.07, 6.45) is 5.42. The van der Waals surface area contributed by atoms with Crippen LogP contribution in [0.5, 0.6) is 0 Å². The first kappa shape index (κ1) is 16.2. The molecule has 0 saturated heterocycles. The summed E-state index contributed by atoms with van der Waals surface area (Å²) >= 11 is 0. The van der Waals surface area contributed by atoms with Crippen molar-refractivity contribution >= 4 is 12.1 Å². The van der Waals surface area contributed by atoms with Crippen LogP contribution in [0.15, 0.2) is 0 Å². The minimum atomic E-state index is -1.83. The van der Waals surface area contributed by atoms with Gasteiger partial charge in [0, 0.05) is 6.42 Å². The van der Waals surface area contributed by atoms with Crippen LogP contribution in [0.4, 0.5) is 4.79 Å². The molecule has 0 unspecified atom stereocenters. The predicted molar refractivity (Wildman–Crippen MR) is 56.3 cm³/mol. The highest BCUT2D eigenvalue weighted by molar-refractivity contribution is 5.66. The normalized spacial score (nSPS) is 8.87. The maximum atomic E-state index is 10.1. The van der Waals surface area contributed by atoms with Crippen LogP contribution in [0, 0.1) is 0 Å². The summed E-state index contributed by atoms with van der Waals surface area (Å²) in [5.74, 6) is -0.666. The minimum absolute atomic E-state index is 0.339. The van der Waals surface area contributed by atoms with Gasteiger partial charge in [-0.15, -0.1) is 0 Å². The van der Waals surface area contributed by atoms with Crippen molar-refractivity contribution in [3.63, 3.8) is 0 Å². The molecule has 0 aromatic heterocycles. The van der Waals surface area contributed by atoms with Crippen LogP contribution in [-0.4, -0.2) is 27.4 Å². The van der Waals surface area contributed by atoms with Gasteiger partial charge in [0.25, 0.3) is 0 Å². The molecule has 15 heavy (non-hydrogen) atoms. The molecule has 0 aromatic carbocycles. The number of hydrogen-bond acceptors (Lipinski definition) is 2. The Morgan fingerprint density at radius 2 is 1.27 bits per heavy atom. The topological polar surface area (TPSA) is 94.8 Å². The minimum Gasteiger partial charge on any atom is -0.481 e. The summed E-state index contributed by atoms with van der Waals surface area (Å²) in [4.78, 5) is 18.6. The fourth-order valence-corrected chi connectivity index (χ4v) is 1.06. The predicted octanol–water partition coefficient (Wildman–Crippen LogP) is 3.04. The van der Waals surface area contributed by atoms with Crippen molar-refractivity contribution in [3.05, 3.63) is 0 Å². The van der Waals surface area contributed by atoms with Crippen molar-refractivity contribution in [1.82, 2.24) is 0 Å². The molecule has 0 amide bonds. The highest BCUT2D eigenvalue weighted by atomic mass is 16.6. The van der Waals surface area contributed by atoms with E-state index in [-0.39, 0.29) is 0 Å². The molecule has 0 aliphatic heterocycles. The molecule has 0 aromatic rings. The van der Waals surface area contributed by atoms with Gasteiger partial charge in [-0.25, -0.2) is 4.79 Å². The summed E-state index contributed by atoms with van der Waals surface area (Å²) in [5.41, 5.74) is 0. The second-order valence-electron chi connectivity index (χ2n) is 3.19. The lowest BCUT2D eigenvalue weighted by Gasteiger charge is -1.97. The van der Waals surface area contributed by atoms with Crippen LogP contribution in [0.1, 0.15) is 51.9 Å². The van der Waals surface area contributed by atoms with Gasteiger partial charge in [-0.05, 0) is 6.42 Å². The molecule has 0 radical (unpaired) electrons. The first-order valence-electron chi connectivity index (χ1n) is 5.14. The average Bonchev–Trinajstić information content (AvgIpc) is 2.09. The zero-order valence-electron chi connectivity index (χ0n) is 9.11. The number of hydrogen-bond donors (Lipinski definition) is 3. The highest BCUT2D eigenvalue weighted by Gasteiger charge is 1.95. The molecule has 5 heteroatoms. The first-order valence-corrected chi connectivity index (χ1v) is 5.14. The number of carboxylic acids is 1. The van der Waals surface area contributed by atoms with Crippen molar-refractivity contribution in [2.45, 2.75) is 51.9 Å². The molecule has 0 fully saturated rings. The smallest absolute Gasteiger partial charge is 0.481 e. The molecule has 0 aliphatic carbocycles. The largest absolute Gasteiger partial charge is 0.503 e. The van der Waals surface area contributed by atoms with E-state index in [9.17, 15) is 4.79 Å². The van der Waals surface area contributed by atoms with E-state index in [0.717, 1.165) is 12.8 Å². The van der Waals surface area contributed by atoms with Gasteiger partial charge in [0.1, 0.15) is 0 Å². The highest BCUT2D eigenvalue weighted by Crippen LogP contribution is 2.06. The van der Waals surface area contributed by atoms with E-state index in [1.54, 1.807) is 0 Å². The Balaban J connectivity index is 0. The lowest BCUT2D eigenvalue weighted by Crippen LogP contribution is -1.93. The van der Waals surface area contributed by atoms with Crippen molar-refractivity contribution in [3.8, 4) is 0 Å². The molecular formula is C10H20O5. The molecule has 3 N–H and O–H groups in total. The van der Waals surface area contributed by atoms with Gasteiger partial charge in [0.2, 0.25) is 0 Å². The molecule has 5 nitrogen and oxygen atoms in total. The van der Waals surface area contributed by atoms with Crippen molar-refractivity contribution in [2.75, 3.05) is 0 Å². The molecule has 0 atom stereocenters. The summed E-state index contributed by atoms with van der Waals surface area (Å²) < 4.78 is 0. The second kappa shape index (κ2) is 12.7. The van der Waals surface area contributed by atoms with Crippen LogP contribution in [0.25, 0.3) is 0 Å². The van der Waals surface area contributed by atoms with Crippen molar-refractivity contribution in [2.24, 2.45) is 0 Å². The molecule has 0 bridgehead atoms. The maximum absolute atomic E-state index is 10.1. The lowest BCUT2D eigenvalue weighted by atomic mass is 10.1. The Hall–Kier alpha value is -1.26. The standard InChI is InChI=1S/C9H18O2.CH2O3/c1-2-3-4-5-6-7-8-9(10)11;2-1(3)4/h2-8H2,1H3,(H,10,11);(H2,2,3,4). The van der Waals surface area contributed by atoms with Gasteiger partial charge in [0.05, 0.1) is 0 Å². The number of carbonyl (C=O) groups is 2. The van der Waals surface area contributed by atoms with Gasteiger partial charge in [0.15, 0.2) is 0 Å². The number of unbranched alkanes of at least 4 members (excludes halogenated alkanes) is 5. The molecule has 0 saturated carbocycles. The molecule has 0 heterocycles. The quantitative estimate of drug-likeness (QED) is 0.573. The third-order valence-electron chi connectivity index (χ3n) is 1.74. The average molecular weight is 220 g/mol. The summed E-state index contributed by atoms with van der Waals surface area (Å²) in [5, 5.41) is 22.3. The van der Waals surface area contributed by atoms with Crippen LogP contribution in [0.3, 0.4) is 0 Å². The number of rotatable bonds is 7. The zero-order chi connectivity index (χ0) is 12.1. The van der Waals surface area contributed by atoms with Crippen molar-refractivity contribution < 1.29 is 24.9 Å². The molecule has 0 rings (SSSR count). The van der Waals surface area contributed by atoms with Gasteiger partial charge < -0.3 is 15.3 Å². The SMILES string of the molecule is CCCCCCCCC(=O)O.O=C(O)O. The van der Waals surface area contributed by atoms with E-state index >= 15 is 0 Å². The molecular weight excluding hydrogens is 200 g/mol. The van der Waals surface area contributed by atoms with Crippen LogP contribution >= 0.6 is 0 Å². The Kier molecular flexibility index (Phi) is 13.7. The van der Waals surface area contributed by atoms with Gasteiger partial charge in [-0.1, -0.05) is 39.0 Å². The molecule has 0 spiro atoms. The molecule has 0 aliphatic rings. The third-order valence-corrected chi connectivity index (χ3v) is 1.74. The van der Waals surface area contributed by atoms with Crippen LogP contribution < -0.4 is 0 Å². The summed E-state index contributed by atoms with van der Waals surface area (Å²) in [7, 11) is 0. The monoisotopic (exact) mass is 220 g/mol. The number of aliphatic carboxylic acids is 1. The Labute approximate surface area is 89.7 Å². The maximum Gasteiger partial charge on any atom is 0.503 e. The van der Waals surface area contributed by atoms with E-state index in [0.29, 0.717) is 6.42 Å². The Morgan fingerprint density at radius 1 is 0.867 bits per heavy atom.